The van der Waals surface area contributed by atoms with E-state index in [1.807, 2.05) is 26.7 Å². The summed E-state index contributed by atoms with van der Waals surface area (Å²) in [4.78, 5) is 0. The summed E-state index contributed by atoms with van der Waals surface area (Å²) in [5, 5.41) is 0. The van der Waals surface area contributed by atoms with E-state index in [0.29, 0.717) is 39.6 Å². The molecule has 0 amide bonds. The summed E-state index contributed by atoms with van der Waals surface area (Å²) in [5.74, 6) is 0. The van der Waals surface area contributed by atoms with Gasteiger partial charge in [-0.25, -0.2) is 0 Å². The lowest BCUT2D eigenvalue weighted by Crippen LogP contribution is -2.10. The Morgan fingerprint density at radius 1 is 0.692 bits per heavy atom. The standard InChI is InChI=1S/C10H20O3/c1-3-5-11-7-9-13-10-8-12-6-4-2/h3-4H,5-10H2,1-2H3. The third-order valence-electron chi connectivity index (χ3n) is 1.31. The van der Waals surface area contributed by atoms with Crippen LogP contribution in [0.25, 0.3) is 0 Å². The first-order valence-corrected chi connectivity index (χ1v) is 4.70. The van der Waals surface area contributed by atoms with Crippen LogP contribution >= 0.6 is 0 Å². The summed E-state index contributed by atoms with van der Waals surface area (Å²) in [6.45, 7) is 7.94. The average molecular weight is 188 g/mol. The molecule has 2 radical (unpaired) electrons. The molecule has 0 bridgehead atoms. The number of rotatable bonds is 10. The fourth-order valence-electron chi connectivity index (χ4n) is 0.740. The SMILES string of the molecule is C[CH]COCCOCCOC[CH]C. The number of ether oxygens (including phenoxy) is 3. The molecule has 13 heavy (non-hydrogen) atoms. The molecule has 0 aliphatic heterocycles. The van der Waals surface area contributed by atoms with Gasteiger partial charge in [-0.1, -0.05) is 13.8 Å². The van der Waals surface area contributed by atoms with Crippen LogP contribution in [0, 0.1) is 12.8 Å². The van der Waals surface area contributed by atoms with Crippen molar-refractivity contribution in [3.05, 3.63) is 12.8 Å². The molecule has 0 aromatic heterocycles. The van der Waals surface area contributed by atoms with Crippen LogP contribution in [0.3, 0.4) is 0 Å². The summed E-state index contributed by atoms with van der Waals surface area (Å²) in [6, 6.07) is 0. The first-order valence-electron chi connectivity index (χ1n) is 4.70. The summed E-state index contributed by atoms with van der Waals surface area (Å²) < 4.78 is 15.6. The predicted molar refractivity (Wildman–Crippen MR) is 52.4 cm³/mol. The molecule has 0 heterocycles. The van der Waals surface area contributed by atoms with Crippen molar-refractivity contribution in [2.24, 2.45) is 0 Å². The molecule has 0 N–H and O–H groups in total. The van der Waals surface area contributed by atoms with Gasteiger partial charge in [-0.15, -0.1) is 0 Å². The van der Waals surface area contributed by atoms with Gasteiger partial charge in [0.25, 0.3) is 0 Å². The van der Waals surface area contributed by atoms with Crippen molar-refractivity contribution >= 4 is 0 Å². The van der Waals surface area contributed by atoms with Gasteiger partial charge in [-0.3, -0.25) is 0 Å². The number of hydrogen-bond donors (Lipinski definition) is 0. The zero-order valence-electron chi connectivity index (χ0n) is 8.62. The van der Waals surface area contributed by atoms with Crippen LogP contribution in [0.15, 0.2) is 0 Å². The Kier molecular flexibility index (Phi) is 11.8. The minimum absolute atomic E-state index is 0.646. The predicted octanol–water partition coefficient (Wildman–Crippen LogP) is 1.48. The third kappa shape index (κ3) is 11.9. The van der Waals surface area contributed by atoms with Crippen LogP contribution in [0.4, 0.5) is 0 Å². The van der Waals surface area contributed by atoms with Gasteiger partial charge in [-0.2, -0.15) is 0 Å². The zero-order valence-corrected chi connectivity index (χ0v) is 8.62. The van der Waals surface area contributed by atoms with Crippen LogP contribution in [-0.2, 0) is 14.2 Å². The first kappa shape index (κ1) is 12.9. The average Bonchev–Trinajstić information content (AvgIpc) is 2.16. The minimum atomic E-state index is 0.646. The number of hydrogen-bond acceptors (Lipinski definition) is 3. The Morgan fingerprint density at radius 2 is 1.08 bits per heavy atom. The molecule has 0 aliphatic rings. The van der Waals surface area contributed by atoms with E-state index in [4.69, 9.17) is 14.2 Å². The van der Waals surface area contributed by atoms with Crippen LogP contribution in [0.1, 0.15) is 13.8 Å². The van der Waals surface area contributed by atoms with Gasteiger partial charge >= 0.3 is 0 Å². The zero-order chi connectivity index (χ0) is 9.78. The second-order valence-electron chi connectivity index (χ2n) is 2.58. The maximum Gasteiger partial charge on any atom is 0.0701 e. The van der Waals surface area contributed by atoms with E-state index < -0.39 is 0 Å². The maximum atomic E-state index is 5.25. The lowest BCUT2D eigenvalue weighted by Gasteiger charge is -2.05. The highest BCUT2D eigenvalue weighted by Gasteiger charge is 1.89. The van der Waals surface area contributed by atoms with Gasteiger partial charge < -0.3 is 14.2 Å². The van der Waals surface area contributed by atoms with Crippen molar-refractivity contribution in [1.82, 2.24) is 0 Å². The Bertz CT molecular complexity index is 76.2. The fraction of sp³-hybridized carbons (Fsp3) is 0.800. The highest BCUT2D eigenvalue weighted by atomic mass is 16.5. The smallest absolute Gasteiger partial charge is 0.0701 e. The quantitative estimate of drug-likeness (QED) is 0.486. The fourth-order valence-corrected chi connectivity index (χ4v) is 0.740. The van der Waals surface area contributed by atoms with E-state index >= 15 is 0 Å². The molecule has 0 unspecified atom stereocenters. The van der Waals surface area contributed by atoms with E-state index in [1.165, 1.54) is 0 Å². The molecule has 0 rings (SSSR count). The highest BCUT2D eigenvalue weighted by molar-refractivity contribution is 4.51. The van der Waals surface area contributed by atoms with Crippen molar-refractivity contribution in [3.8, 4) is 0 Å². The Labute approximate surface area is 81.4 Å². The van der Waals surface area contributed by atoms with Crippen molar-refractivity contribution in [1.29, 1.82) is 0 Å². The van der Waals surface area contributed by atoms with Gasteiger partial charge in [-0.05, 0) is 12.8 Å². The molecule has 0 aromatic carbocycles. The van der Waals surface area contributed by atoms with E-state index in [1.54, 1.807) is 0 Å². The van der Waals surface area contributed by atoms with Gasteiger partial charge in [0.1, 0.15) is 0 Å². The van der Waals surface area contributed by atoms with Gasteiger partial charge in [0.05, 0.1) is 26.4 Å². The molecule has 0 fully saturated rings. The van der Waals surface area contributed by atoms with E-state index in [0.717, 1.165) is 0 Å². The lowest BCUT2D eigenvalue weighted by atomic mass is 10.5. The van der Waals surface area contributed by atoms with E-state index in [9.17, 15) is 0 Å². The highest BCUT2D eigenvalue weighted by Crippen LogP contribution is 1.83. The lowest BCUT2D eigenvalue weighted by molar-refractivity contribution is 0.0223. The van der Waals surface area contributed by atoms with Gasteiger partial charge in [0, 0.05) is 13.2 Å². The van der Waals surface area contributed by atoms with Crippen molar-refractivity contribution in [2.75, 3.05) is 39.6 Å². The van der Waals surface area contributed by atoms with Crippen LogP contribution in [0.5, 0.6) is 0 Å². The summed E-state index contributed by atoms with van der Waals surface area (Å²) in [5.41, 5.74) is 0. The Hall–Kier alpha value is -0.120. The first-order chi connectivity index (χ1) is 6.41. The molecule has 0 spiro atoms. The van der Waals surface area contributed by atoms with Gasteiger partial charge in [0.15, 0.2) is 0 Å². The van der Waals surface area contributed by atoms with Crippen LogP contribution < -0.4 is 0 Å². The van der Waals surface area contributed by atoms with E-state index in [2.05, 4.69) is 0 Å². The molecule has 0 aliphatic carbocycles. The largest absolute Gasteiger partial charge is 0.379 e. The topological polar surface area (TPSA) is 27.7 Å². The van der Waals surface area contributed by atoms with Crippen molar-refractivity contribution < 1.29 is 14.2 Å². The normalized spacial score (nSPS) is 10.6. The van der Waals surface area contributed by atoms with E-state index in [-0.39, 0.29) is 0 Å². The van der Waals surface area contributed by atoms with Crippen LogP contribution in [-0.4, -0.2) is 39.6 Å². The molecule has 3 heteroatoms. The molecule has 0 aromatic rings. The second kappa shape index (κ2) is 11.9. The molecule has 78 valence electrons. The second-order valence-corrected chi connectivity index (χ2v) is 2.58. The molecular weight excluding hydrogens is 168 g/mol. The minimum Gasteiger partial charge on any atom is -0.379 e. The van der Waals surface area contributed by atoms with Crippen molar-refractivity contribution in [3.63, 3.8) is 0 Å². The molecule has 0 atom stereocenters. The van der Waals surface area contributed by atoms with Crippen molar-refractivity contribution in [2.45, 2.75) is 13.8 Å². The molecular formula is C10H20O3. The molecule has 0 saturated carbocycles. The summed E-state index contributed by atoms with van der Waals surface area (Å²) >= 11 is 0. The maximum absolute atomic E-state index is 5.25. The molecule has 3 nitrogen and oxygen atoms in total. The summed E-state index contributed by atoms with van der Waals surface area (Å²) in [7, 11) is 0. The third-order valence-corrected chi connectivity index (χ3v) is 1.31. The monoisotopic (exact) mass is 188 g/mol. The van der Waals surface area contributed by atoms with Gasteiger partial charge in [0.2, 0.25) is 0 Å². The molecule has 0 saturated heterocycles. The van der Waals surface area contributed by atoms with Crippen LogP contribution in [0.2, 0.25) is 0 Å². The Morgan fingerprint density at radius 3 is 1.46 bits per heavy atom. The summed E-state index contributed by atoms with van der Waals surface area (Å²) in [6.07, 6.45) is 3.94. The Balaban J connectivity index is 2.76.